The van der Waals surface area contributed by atoms with Gasteiger partial charge in [-0.1, -0.05) is 6.07 Å². The molecule has 0 saturated carbocycles. The third-order valence-electron chi connectivity index (χ3n) is 5.58. The largest absolute Gasteiger partial charge is 0.496 e. The van der Waals surface area contributed by atoms with Crippen LogP contribution in [0.15, 0.2) is 60.7 Å². The number of benzene rings is 3. The van der Waals surface area contributed by atoms with Crippen LogP contribution in [0.5, 0.6) is 11.5 Å². The number of fused-ring (bicyclic) bond motifs is 1. The molecule has 0 saturated heterocycles. The monoisotopic (exact) mass is 475 g/mol. The van der Waals surface area contributed by atoms with Crippen LogP contribution in [0.1, 0.15) is 36.7 Å². The van der Waals surface area contributed by atoms with Gasteiger partial charge in [0.1, 0.15) is 23.0 Å². The Kier molecular flexibility index (Phi) is 6.84. The number of amides is 1. The Bertz CT molecular complexity index is 1370. The number of aryl methyl sites for hydroxylation is 2. The lowest BCUT2D eigenvalue weighted by Crippen LogP contribution is -2.12. The van der Waals surface area contributed by atoms with Gasteiger partial charge in [-0.25, -0.2) is 4.79 Å². The Balaban J connectivity index is 1.51. The van der Waals surface area contributed by atoms with Gasteiger partial charge in [0.05, 0.1) is 14.2 Å². The Morgan fingerprint density at radius 3 is 2.47 bits per heavy atom. The summed E-state index contributed by atoms with van der Waals surface area (Å²) in [5.74, 6) is 0.782. The minimum atomic E-state index is -0.374. The Labute approximate surface area is 202 Å². The Hall–Kier alpha value is -3.84. The molecule has 1 N–H and O–H groups in total. The van der Waals surface area contributed by atoms with Crippen LogP contribution in [0.4, 0.5) is 5.69 Å². The maximum absolute atomic E-state index is 13.0. The zero-order chi connectivity index (χ0) is 24.2. The van der Waals surface area contributed by atoms with Crippen LogP contribution < -0.4 is 14.8 Å². The van der Waals surface area contributed by atoms with Crippen LogP contribution in [0.25, 0.3) is 10.1 Å². The van der Waals surface area contributed by atoms with Crippen molar-refractivity contribution in [2.24, 2.45) is 0 Å². The molecule has 1 aromatic heterocycles. The molecule has 1 amide bonds. The number of methoxy groups -OCH3 is 2. The average molecular weight is 476 g/mol. The van der Waals surface area contributed by atoms with E-state index in [-0.39, 0.29) is 18.5 Å². The van der Waals surface area contributed by atoms with Crippen LogP contribution >= 0.6 is 11.3 Å². The maximum Gasteiger partial charge on any atom is 0.348 e. The lowest BCUT2D eigenvalue weighted by atomic mass is 10.1. The summed E-state index contributed by atoms with van der Waals surface area (Å²) < 4.78 is 17.1. The van der Waals surface area contributed by atoms with Gasteiger partial charge in [-0.3, -0.25) is 4.79 Å². The summed E-state index contributed by atoms with van der Waals surface area (Å²) in [5, 5.41) is 3.78. The lowest BCUT2D eigenvalue weighted by molar-refractivity contribution is 0.0606. The summed E-state index contributed by atoms with van der Waals surface area (Å²) in [6.07, 6.45) is 0. The molecule has 1 heterocycles. The van der Waals surface area contributed by atoms with Gasteiger partial charge in [-0.2, -0.15) is 0 Å². The highest BCUT2D eigenvalue weighted by Gasteiger charge is 2.14. The van der Waals surface area contributed by atoms with E-state index < -0.39 is 0 Å². The average Bonchev–Trinajstić information content (AvgIpc) is 3.27. The number of hydrogen-bond donors (Lipinski definition) is 1. The molecule has 0 spiro atoms. The van der Waals surface area contributed by atoms with Crippen molar-refractivity contribution in [2.45, 2.75) is 20.5 Å². The highest BCUT2D eigenvalue weighted by atomic mass is 32.1. The van der Waals surface area contributed by atoms with Crippen LogP contribution in [0.2, 0.25) is 0 Å². The van der Waals surface area contributed by atoms with Crippen LogP contribution in [0, 0.1) is 13.8 Å². The number of carbonyl (C=O) groups excluding carboxylic acids is 2. The molecule has 0 aliphatic rings. The molecule has 174 valence electrons. The molecule has 0 fully saturated rings. The van der Waals surface area contributed by atoms with E-state index in [0.29, 0.717) is 21.9 Å². The van der Waals surface area contributed by atoms with Crippen molar-refractivity contribution in [1.29, 1.82) is 0 Å². The number of carbonyl (C=O) groups is 2. The Morgan fingerprint density at radius 1 is 0.912 bits per heavy atom. The number of thiophene rings is 1. The first-order valence-electron chi connectivity index (χ1n) is 10.7. The summed E-state index contributed by atoms with van der Waals surface area (Å²) in [4.78, 5) is 25.3. The van der Waals surface area contributed by atoms with E-state index in [1.807, 2.05) is 43.3 Å². The third-order valence-corrected chi connectivity index (χ3v) is 6.67. The number of hydrogen-bond acceptors (Lipinski definition) is 6. The van der Waals surface area contributed by atoms with E-state index in [1.165, 1.54) is 24.0 Å². The second kappa shape index (κ2) is 9.97. The number of esters is 1. The summed E-state index contributed by atoms with van der Waals surface area (Å²) >= 11 is 1.35. The predicted molar refractivity (Wildman–Crippen MR) is 134 cm³/mol. The summed E-state index contributed by atoms with van der Waals surface area (Å²) in [6.45, 7) is 4.36. The van der Waals surface area contributed by atoms with Gasteiger partial charge in [-0.15, -0.1) is 11.3 Å². The van der Waals surface area contributed by atoms with Crippen molar-refractivity contribution in [2.75, 3.05) is 19.5 Å². The van der Waals surface area contributed by atoms with Crippen molar-refractivity contribution in [3.8, 4) is 11.5 Å². The standard InChI is InChI=1S/C27H25NO5S/c1-16-5-8-22(11-17(16)2)33-15-20-12-18(6-9-23(20)31-3)26(29)28-21-7-10-24-19(13-21)14-25(34-24)27(30)32-4/h5-14H,15H2,1-4H3,(H,28,29). The molecule has 6 nitrogen and oxygen atoms in total. The van der Waals surface area contributed by atoms with Crippen molar-refractivity contribution in [3.05, 3.63) is 87.8 Å². The van der Waals surface area contributed by atoms with Crippen molar-refractivity contribution in [1.82, 2.24) is 0 Å². The van der Waals surface area contributed by atoms with Crippen molar-refractivity contribution in [3.63, 3.8) is 0 Å². The van der Waals surface area contributed by atoms with Gasteiger partial charge in [0.25, 0.3) is 5.91 Å². The molecule has 34 heavy (non-hydrogen) atoms. The van der Waals surface area contributed by atoms with Gasteiger partial charge in [0, 0.05) is 21.5 Å². The molecule has 0 bridgehead atoms. The Morgan fingerprint density at radius 2 is 1.74 bits per heavy atom. The van der Waals surface area contributed by atoms with E-state index in [2.05, 4.69) is 12.2 Å². The first-order valence-corrected chi connectivity index (χ1v) is 11.5. The maximum atomic E-state index is 13.0. The minimum absolute atomic E-state index is 0.252. The molecule has 0 unspecified atom stereocenters. The van der Waals surface area contributed by atoms with E-state index in [1.54, 1.807) is 31.4 Å². The molecule has 4 aromatic rings. The van der Waals surface area contributed by atoms with Gasteiger partial charge in [-0.05, 0) is 85.0 Å². The van der Waals surface area contributed by atoms with Gasteiger partial charge in [0.2, 0.25) is 0 Å². The molecule has 4 rings (SSSR count). The van der Waals surface area contributed by atoms with Crippen molar-refractivity contribution >= 4 is 39.0 Å². The molecule has 7 heteroatoms. The molecule has 0 radical (unpaired) electrons. The highest BCUT2D eigenvalue weighted by Crippen LogP contribution is 2.29. The minimum Gasteiger partial charge on any atom is -0.496 e. The normalized spacial score (nSPS) is 10.7. The smallest absolute Gasteiger partial charge is 0.348 e. The fourth-order valence-corrected chi connectivity index (χ4v) is 4.48. The topological polar surface area (TPSA) is 73.9 Å². The summed E-state index contributed by atoms with van der Waals surface area (Å²) in [6, 6.07) is 18.5. The van der Waals surface area contributed by atoms with E-state index in [4.69, 9.17) is 14.2 Å². The molecule has 0 aliphatic carbocycles. The summed E-state index contributed by atoms with van der Waals surface area (Å²) in [7, 11) is 2.95. The number of rotatable bonds is 7. The highest BCUT2D eigenvalue weighted by molar-refractivity contribution is 7.20. The van der Waals surface area contributed by atoms with Crippen LogP contribution in [0.3, 0.4) is 0 Å². The first kappa shape index (κ1) is 23.3. The number of anilines is 1. The van der Waals surface area contributed by atoms with Crippen LogP contribution in [-0.2, 0) is 11.3 Å². The fourth-order valence-electron chi connectivity index (χ4n) is 3.52. The third kappa shape index (κ3) is 5.05. The lowest BCUT2D eigenvalue weighted by Gasteiger charge is -2.13. The number of nitrogens with one attached hydrogen (secondary N) is 1. The second-order valence-corrected chi connectivity index (χ2v) is 8.95. The fraction of sp³-hybridized carbons (Fsp3) is 0.185. The molecule has 0 atom stereocenters. The van der Waals surface area contributed by atoms with E-state index in [0.717, 1.165) is 27.0 Å². The van der Waals surface area contributed by atoms with Gasteiger partial charge in [0.15, 0.2) is 0 Å². The van der Waals surface area contributed by atoms with Gasteiger partial charge >= 0.3 is 5.97 Å². The van der Waals surface area contributed by atoms with Gasteiger partial charge < -0.3 is 19.5 Å². The molecular formula is C27H25NO5S. The van der Waals surface area contributed by atoms with Crippen molar-refractivity contribution < 1.29 is 23.8 Å². The van der Waals surface area contributed by atoms with E-state index in [9.17, 15) is 9.59 Å². The quantitative estimate of drug-likeness (QED) is 0.325. The zero-order valence-corrected chi connectivity index (χ0v) is 20.2. The predicted octanol–water partition coefficient (Wildman–Crippen LogP) is 6.14. The molecule has 3 aromatic carbocycles. The molecular weight excluding hydrogens is 450 g/mol. The first-order chi connectivity index (χ1) is 16.4. The molecule has 0 aliphatic heterocycles. The number of ether oxygens (including phenoxy) is 3. The zero-order valence-electron chi connectivity index (χ0n) is 19.4. The summed E-state index contributed by atoms with van der Waals surface area (Å²) in [5.41, 5.74) is 4.24. The van der Waals surface area contributed by atoms with Crippen LogP contribution in [-0.4, -0.2) is 26.1 Å². The second-order valence-electron chi connectivity index (χ2n) is 7.87. The SMILES string of the molecule is COC(=O)c1cc2cc(NC(=O)c3ccc(OC)c(COc4ccc(C)c(C)c4)c3)ccc2s1. The van der Waals surface area contributed by atoms with E-state index >= 15 is 0 Å².